The number of benzene rings is 1. The average Bonchev–Trinajstić information content (AvgIpc) is 2.67. The van der Waals surface area contributed by atoms with Crippen molar-refractivity contribution in [3.63, 3.8) is 0 Å². The molecule has 0 saturated heterocycles. The summed E-state index contributed by atoms with van der Waals surface area (Å²) in [6.07, 6.45) is 1.90. The lowest BCUT2D eigenvalue weighted by Crippen LogP contribution is -2.24. The Morgan fingerprint density at radius 1 is 1.18 bits per heavy atom. The molecule has 3 aromatic rings. The first-order valence-electron chi connectivity index (χ1n) is 9.25. The standard InChI is InChI=1S/C19H25N7OS/c1-5-6-11-26-16(27)13-9-7-8-10-14(13)21-19(26)28-12(2)15-22-17(20)24-18(23-15)25(3)4/h7-10,12H,5-6,11H2,1-4H3,(H2,20,22,23,24). The van der Waals surface area contributed by atoms with E-state index in [2.05, 4.69) is 21.9 Å². The van der Waals surface area contributed by atoms with Gasteiger partial charge < -0.3 is 10.6 Å². The highest BCUT2D eigenvalue weighted by atomic mass is 32.2. The molecule has 0 spiro atoms. The van der Waals surface area contributed by atoms with Crippen molar-refractivity contribution >= 4 is 34.6 Å². The maximum atomic E-state index is 13.0. The Morgan fingerprint density at radius 3 is 2.64 bits per heavy atom. The van der Waals surface area contributed by atoms with Gasteiger partial charge in [0.05, 0.1) is 16.2 Å². The minimum absolute atomic E-state index is 0.0158. The molecule has 2 aromatic heterocycles. The quantitative estimate of drug-likeness (QED) is 0.478. The van der Waals surface area contributed by atoms with Crippen molar-refractivity contribution < 1.29 is 0 Å². The number of nitrogen functional groups attached to an aromatic ring is 1. The number of hydrogen-bond donors (Lipinski definition) is 1. The third-order valence-electron chi connectivity index (χ3n) is 4.27. The Bertz CT molecular complexity index is 1030. The average molecular weight is 400 g/mol. The summed E-state index contributed by atoms with van der Waals surface area (Å²) in [5, 5.41) is 1.15. The number of hydrogen-bond acceptors (Lipinski definition) is 8. The van der Waals surface area contributed by atoms with Gasteiger partial charge >= 0.3 is 0 Å². The van der Waals surface area contributed by atoms with Crippen molar-refractivity contribution in [2.24, 2.45) is 0 Å². The van der Waals surface area contributed by atoms with Crippen LogP contribution in [-0.2, 0) is 6.54 Å². The molecule has 0 saturated carbocycles. The number of anilines is 2. The predicted octanol–water partition coefficient (Wildman–Crippen LogP) is 2.88. The van der Waals surface area contributed by atoms with Crippen LogP contribution in [0.3, 0.4) is 0 Å². The van der Waals surface area contributed by atoms with Crippen molar-refractivity contribution in [2.45, 2.75) is 43.6 Å². The number of para-hydroxylation sites is 1. The number of fused-ring (bicyclic) bond motifs is 1. The molecule has 8 nitrogen and oxygen atoms in total. The molecule has 1 atom stereocenters. The van der Waals surface area contributed by atoms with E-state index < -0.39 is 0 Å². The summed E-state index contributed by atoms with van der Waals surface area (Å²) >= 11 is 1.46. The first kappa shape index (κ1) is 20.1. The molecule has 1 unspecified atom stereocenters. The summed E-state index contributed by atoms with van der Waals surface area (Å²) < 4.78 is 1.75. The number of rotatable bonds is 7. The summed E-state index contributed by atoms with van der Waals surface area (Å²) in [4.78, 5) is 32.5. The van der Waals surface area contributed by atoms with Crippen molar-refractivity contribution in [2.75, 3.05) is 24.7 Å². The third-order valence-corrected chi connectivity index (χ3v) is 5.35. The van der Waals surface area contributed by atoms with Crippen LogP contribution in [0.2, 0.25) is 0 Å². The summed E-state index contributed by atoms with van der Waals surface area (Å²) in [6, 6.07) is 7.43. The van der Waals surface area contributed by atoms with Gasteiger partial charge in [0.2, 0.25) is 11.9 Å². The second-order valence-electron chi connectivity index (χ2n) is 6.73. The van der Waals surface area contributed by atoms with E-state index in [0.29, 0.717) is 34.4 Å². The highest BCUT2D eigenvalue weighted by Crippen LogP contribution is 2.32. The molecule has 3 rings (SSSR count). The molecule has 1 aromatic carbocycles. The van der Waals surface area contributed by atoms with Crippen molar-refractivity contribution in [1.82, 2.24) is 24.5 Å². The summed E-state index contributed by atoms with van der Waals surface area (Å²) in [5.74, 6) is 1.24. The topological polar surface area (TPSA) is 103 Å². The van der Waals surface area contributed by atoms with E-state index >= 15 is 0 Å². The van der Waals surface area contributed by atoms with Gasteiger partial charge in [0.25, 0.3) is 5.56 Å². The van der Waals surface area contributed by atoms with Gasteiger partial charge in [-0.2, -0.15) is 15.0 Å². The van der Waals surface area contributed by atoms with Gasteiger partial charge in [-0.05, 0) is 25.5 Å². The van der Waals surface area contributed by atoms with E-state index in [1.807, 2.05) is 45.3 Å². The molecule has 0 radical (unpaired) electrons. The molecule has 0 amide bonds. The minimum atomic E-state index is -0.148. The lowest BCUT2D eigenvalue weighted by molar-refractivity contribution is 0.557. The number of aromatic nitrogens is 5. The summed E-state index contributed by atoms with van der Waals surface area (Å²) in [5.41, 5.74) is 6.53. The Hall–Kier alpha value is -2.68. The van der Waals surface area contributed by atoms with Gasteiger partial charge in [-0.15, -0.1) is 0 Å². The van der Waals surface area contributed by atoms with Crippen molar-refractivity contribution in [1.29, 1.82) is 0 Å². The van der Waals surface area contributed by atoms with Crippen LogP contribution in [0.5, 0.6) is 0 Å². The fourth-order valence-electron chi connectivity index (χ4n) is 2.74. The molecule has 0 bridgehead atoms. The SMILES string of the molecule is CCCCn1c(SC(C)c2nc(N)nc(N(C)C)n2)nc2ccccc2c1=O. The van der Waals surface area contributed by atoms with Crippen molar-refractivity contribution in [3.05, 3.63) is 40.4 Å². The molecule has 148 valence electrons. The summed E-state index contributed by atoms with van der Waals surface area (Å²) in [7, 11) is 3.70. The molecule has 0 fully saturated rings. The zero-order chi connectivity index (χ0) is 20.3. The third kappa shape index (κ3) is 4.24. The zero-order valence-electron chi connectivity index (χ0n) is 16.6. The lowest BCUT2D eigenvalue weighted by atomic mass is 10.2. The van der Waals surface area contributed by atoms with Crippen LogP contribution in [0.25, 0.3) is 10.9 Å². The monoisotopic (exact) mass is 399 g/mol. The zero-order valence-corrected chi connectivity index (χ0v) is 17.4. The van der Waals surface area contributed by atoms with Crippen LogP contribution in [-0.4, -0.2) is 38.6 Å². The van der Waals surface area contributed by atoms with E-state index in [-0.39, 0.29) is 16.8 Å². The van der Waals surface area contributed by atoms with Crippen LogP contribution < -0.4 is 16.2 Å². The predicted molar refractivity (Wildman–Crippen MR) is 114 cm³/mol. The summed E-state index contributed by atoms with van der Waals surface area (Å²) in [6.45, 7) is 4.71. The largest absolute Gasteiger partial charge is 0.368 e. The smallest absolute Gasteiger partial charge is 0.262 e. The van der Waals surface area contributed by atoms with Crippen LogP contribution in [0, 0.1) is 0 Å². The molecular weight excluding hydrogens is 374 g/mol. The van der Waals surface area contributed by atoms with E-state index in [9.17, 15) is 4.79 Å². The van der Waals surface area contributed by atoms with Gasteiger partial charge in [-0.1, -0.05) is 37.2 Å². The normalized spacial score (nSPS) is 12.3. The minimum Gasteiger partial charge on any atom is -0.368 e. The first-order valence-corrected chi connectivity index (χ1v) is 10.1. The molecule has 2 N–H and O–H groups in total. The Balaban J connectivity index is 2.02. The highest BCUT2D eigenvalue weighted by Gasteiger charge is 2.19. The molecule has 28 heavy (non-hydrogen) atoms. The van der Waals surface area contributed by atoms with Gasteiger partial charge in [-0.25, -0.2) is 4.98 Å². The van der Waals surface area contributed by atoms with Crippen molar-refractivity contribution in [3.8, 4) is 0 Å². The van der Waals surface area contributed by atoms with Gasteiger partial charge in [-0.3, -0.25) is 9.36 Å². The maximum absolute atomic E-state index is 13.0. The number of unbranched alkanes of at least 4 members (excludes halogenated alkanes) is 1. The number of nitrogens with two attached hydrogens (primary N) is 1. The Labute approximate surface area is 168 Å². The Kier molecular flexibility index (Phi) is 6.13. The lowest BCUT2D eigenvalue weighted by Gasteiger charge is -2.17. The molecule has 0 aliphatic carbocycles. The fraction of sp³-hybridized carbons (Fsp3) is 0.421. The van der Waals surface area contributed by atoms with Gasteiger partial charge in [0.1, 0.15) is 5.82 Å². The van der Waals surface area contributed by atoms with E-state index in [0.717, 1.165) is 12.8 Å². The van der Waals surface area contributed by atoms with Crippen LogP contribution in [0.4, 0.5) is 11.9 Å². The van der Waals surface area contributed by atoms with Crippen LogP contribution in [0.15, 0.2) is 34.2 Å². The molecule has 9 heteroatoms. The van der Waals surface area contributed by atoms with Crippen LogP contribution >= 0.6 is 11.8 Å². The Morgan fingerprint density at radius 2 is 1.93 bits per heavy atom. The van der Waals surface area contributed by atoms with E-state index in [1.165, 1.54) is 11.8 Å². The van der Waals surface area contributed by atoms with E-state index in [1.54, 1.807) is 9.47 Å². The highest BCUT2D eigenvalue weighted by molar-refractivity contribution is 7.99. The molecular formula is C19H25N7OS. The first-order chi connectivity index (χ1) is 13.4. The number of thioether (sulfide) groups is 1. The van der Waals surface area contributed by atoms with Gasteiger partial charge in [0.15, 0.2) is 5.16 Å². The number of nitrogens with zero attached hydrogens (tertiary/aromatic N) is 6. The second kappa shape index (κ2) is 8.55. The molecule has 0 aliphatic heterocycles. The maximum Gasteiger partial charge on any atom is 0.262 e. The van der Waals surface area contributed by atoms with E-state index in [4.69, 9.17) is 10.7 Å². The van der Waals surface area contributed by atoms with Gasteiger partial charge in [0, 0.05) is 20.6 Å². The molecule has 2 heterocycles. The van der Waals surface area contributed by atoms with Crippen LogP contribution in [0.1, 0.15) is 37.8 Å². The fourth-order valence-corrected chi connectivity index (χ4v) is 3.72. The second-order valence-corrected chi connectivity index (χ2v) is 8.04. The molecule has 0 aliphatic rings.